The number of carbonyl (C=O) groups excluding carboxylic acids is 1. The van der Waals surface area contributed by atoms with E-state index in [0.29, 0.717) is 12.0 Å². The van der Waals surface area contributed by atoms with Crippen molar-refractivity contribution < 1.29 is 4.79 Å². The molecule has 0 radical (unpaired) electrons. The van der Waals surface area contributed by atoms with Crippen molar-refractivity contribution in [3.8, 4) is 6.07 Å². The van der Waals surface area contributed by atoms with Crippen molar-refractivity contribution in [1.29, 1.82) is 5.26 Å². The number of aryl methyl sites for hydroxylation is 1. The standard InChI is InChI=1S/C25H30N6O/c1-20(28-19-29-24-3-2-12-27-24)30-13-14-31(18-25(17-30)10-11-25)23(16-32)9-8-21-4-6-22(15-26)7-5-21/h2,4-7,12,19-20H,3,8-11,13-14,17-18H2,1H3,(H,27,28,29). The van der Waals surface area contributed by atoms with Crippen LogP contribution in [0.15, 0.2) is 52.2 Å². The van der Waals surface area contributed by atoms with Gasteiger partial charge in [-0.25, -0.2) is 9.79 Å². The maximum absolute atomic E-state index is 11.8. The number of hydrogen-bond donors (Lipinski definition) is 1. The summed E-state index contributed by atoms with van der Waals surface area (Å²) in [6.45, 7) is 5.69. The maximum Gasteiger partial charge on any atom is 0.145 e. The lowest BCUT2D eigenvalue weighted by Crippen LogP contribution is -2.37. The van der Waals surface area contributed by atoms with Crippen molar-refractivity contribution in [2.24, 2.45) is 15.4 Å². The van der Waals surface area contributed by atoms with Crippen molar-refractivity contribution in [1.82, 2.24) is 15.1 Å². The molecule has 1 saturated carbocycles. The molecule has 1 N–H and O–H groups in total. The molecular formula is C25H30N6O. The second-order valence-corrected chi connectivity index (χ2v) is 8.97. The highest BCUT2D eigenvalue weighted by Gasteiger charge is 2.47. The Kier molecular flexibility index (Phi) is 6.84. The van der Waals surface area contributed by atoms with Gasteiger partial charge in [0.1, 0.15) is 24.3 Å². The fourth-order valence-electron chi connectivity index (χ4n) is 4.39. The van der Waals surface area contributed by atoms with Gasteiger partial charge in [0.05, 0.1) is 17.3 Å². The van der Waals surface area contributed by atoms with Gasteiger partial charge in [-0.15, -0.1) is 0 Å². The minimum Gasteiger partial charge on any atom is -0.364 e. The third kappa shape index (κ3) is 5.53. The highest BCUT2D eigenvalue weighted by atomic mass is 16.1. The van der Waals surface area contributed by atoms with E-state index in [2.05, 4.69) is 44.0 Å². The second kappa shape index (κ2) is 9.95. The molecule has 1 spiro atoms. The zero-order valence-electron chi connectivity index (χ0n) is 18.6. The zero-order chi connectivity index (χ0) is 22.4. The monoisotopic (exact) mass is 430 g/mol. The second-order valence-electron chi connectivity index (χ2n) is 8.97. The molecule has 4 rings (SSSR count). The van der Waals surface area contributed by atoms with Crippen LogP contribution in [-0.4, -0.2) is 60.3 Å². The zero-order valence-corrected chi connectivity index (χ0v) is 18.6. The number of benzene rings is 1. The molecule has 1 aromatic carbocycles. The van der Waals surface area contributed by atoms with Crippen molar-refractivity contribution in [3.63, 3.8) is 0 Å². The molecule has 0 amide bonds. The summed E-state index contributed by atoms with van der Waals surface area (Å²) in [5.41, 5.74) is 2.79. The lowest BCUT2D eigenvalue weighted by molar-refractivity contribution is 0.196. The Labute approximate surface area is 189 Å². The third-order valence-corrected chi connectivity index (χ3v) is 6.62. The number of nitrogens with zero attached hydrogens (tertiary/aromatic N) is 5. The van der Waals surface area contributed by atoms with E-state index in [1.54, 1.807) is 6.34 Å². The molecule has 166 valence electrons. The van der Waals surface area contributed by atoms with E-state index < -0.39 is 0 Å². The number of allylic oxidation sites excluding steroid dienone is 1. The highest BCUT2D eigenvalue weighted by Crippen LogP contribution is 2.48. The smallest absolute Gasteiger partial charge is 0.145 e. The van der Waals surface area contributed by atoms with E-state index in [-0.39, 0.29) is 11.6 Å². The Bertz CT molecular complexity index is 982. The first-order valence-electron chi connectivity index (χ1n) is 11.3. The molecule has 1 aromatic rings. The number of aliphatic imine (C=N–C) groups is 2. The van der Waals surface area contributed by atoms with Gasteiger partial charge in [-0.2, -0.15) is 5.26 Å². The number of rotatable bonds is 7. The van der Waals surface area contributed by atoms with Crippen LogP contribution in [-0.2, 0) is 11.2 Å². The molecule has 3 aliphatic rings. The van der Waals surface area contributed by atoms with Gasteiger partial charge >= 0.3 is 0 Å². The van der Waals surface area contributed by atoms with Gasteiger partial charge in [-0.1, -0.05) is 18.2 Å². The van der Waals surface area contributed by atoms with Crippen LogP contribution in [0.25, 0.3) is 0 Å². The minimum absolute atomic E-state index is 0.0495. The largest absolute Gasteiger partial charge is 0.364 e. The van der Waals surface area contributed by atoms with Crippen LogP contribution in [0.4, 0.5) is 0 Å². The van der Waals surface area contributed by atoms with Crippen molar-refractivity contribution in [2.45, 2.75) is 45.2 Å². The fraction of sp³-hybridized carbons (Fsp3) is 0.480. The Hall–Kier alpha value is -3.20. The molecular weight excluding hydrogens is 400 g/mol. The Morgan fingerprint density at radius 3 is 2.75 bits per heavy atom. The summed E-state index contributed by atoms with van der Waals surface area (Å²) < 4.78 is 0. The molecule has 0 bridgehead atoms. The van der Waals surface area contributed by atoms with Crippen LogP contribution in [0.2, 0.25) is 0 Å². The summed E-state index contributed by atoms with van der Waals surface area (Å²) >= 11 is 0. The summed E-state index contributed by atoms with van der Waals surface area (Å²) in [5.74, 6) is 3.15. The molecule has 1 saturated heterocycles. The van der Waals surface area contributed by atoms with Gasteiger partial charge < -0.3 is 10.2 Å². The first kappa shape index (κ1) is 22.0. The van der Waals surface area contributed by atoms with E-state index in [1.165, 1.54) is 12.8 Å². The van der Waals surface area contributed by atoms with Crippen LogP contribution in [0.3, 0.4) is 0 Å². The molecule has 2 fully saturated rings. The van der Waals surface area contributed by atoms with Gasteiger partial charge in [0.25, 0.3) is 0 Å². The first-order valence-corrected chi connectivity index (χ1v) is 11.3. The number of hydrogen-bond acceptors (Lipinski definition) is 5. The summed E-state index contributed by atoms with van der Waals surface area (Å²) in [7, 11) is 0. The van der Waals surface area contributed by atoms with Crippen molar-refractivity contribution >= 4 is 18.1 Å². The minimum atomic E-state index is 0.0495. The molecule has 0 aromatic heterocycles. The summed E-state index contributed by atoms with van der Waals surface area (Å²) in [4.78, 5) is 25.5. The van der Waals surface area contributed by atoms with Crippen LogP contribution in [0.1, 0.15) is 43.7 Å². The summed E-state index contributed by atoms with van der Waals surface area (Å²) in [5, 5.41) is 12.1. The van der Waals surface area contributed by atoms with E-state index in [1.807, 2.05) is 36.5 Å². The quantitative estimate of drug-likeness (QED) is 0.409. The van der Waals surface area contributed by atoms with Crippen molar-refractivity contribution in [3.05, 3.63) is 53.4 Å². The van der Waals surface area contributed by atoms with Crippen molar-refractivity contribution in [2.75, 3.05) is 26.2 Å². The average molecular weight is 431 g/mol. The highest BCUT2D eigenvalue weighted by molar-refractivity contribution is 5.92. The van der Waals surface area contributed by atoms with Gasteiger partial charge in [-0.05, 0) is 50.1 Å². The third-order valence-electron chi connectivity index (χ3n) is 6.62. The van der Waals surface area contributed by atoms with Gasteiger partial charge in [0.15, 0.2) is 0 Å². The predicted octanol–water partition coefficient (Wildman–Crippen LogP) is 2.88. The van der Waals surface area contributed by atoms with Gasteiger partial charge in [-0.3, -0.25) is 9.89 Å². The van der Waals surface area contributed by atoms with Gasteiger partial charge in [0, 0.05) is 44.4 Å². The molecule has 32 heavy (non-hydrogen) atoms. The van der Waals surface area contributed by atoms with Gasteiger partial charge in [0.2, 0.25) is 0 Å². The number of nitrogens with one attached hydrogen (secondary N) is 1. The van der Waals surface area contributed by atoms with Crippen LogP contribution >= 0.6 is 0 Å². The fourth-order valence-corrected chi connectivity index (χ4v) is 4.39. The first-order chi connectivity index (χ1) is 15.6. The Morgan fingerprint density at radius 1 is 1.28 bits per heavy atom. The topological polar surface area (TPSA) is 84.1 Å². The van der Waals surface area contributed by atoms with E-state index in [0.717, 1.165) is 56.1 Å². The van der Waals surface area contributed by atoms with E-state index in [4.69, 9.17) is 5.26 Å². The average Bonchev–Trinajstić information content (AvgIpc) is 3.43. The maximum atomic E-state index is 11.8. The molecule has 1 aliphatic carbocycles. The molecule has 7 nitrogen and oxygen atoms in total. The Morgan fingerprint density at radius 2 is 2.09 bits per heavy atom. The normalized spacial score (nSPS) is 21.9. The molecule has 2 aliphatic heterocycles. The number of nitriles is 1. The van der Waals surface area contributed by atoms with Crippen LogP contribution in [0.5, 0.6) is 0 Å². The van der Waals surface area contributed by atoms with E-state index in [9.17, 15) is 4.79 Å². The molecule has 1 atom stereocenters. The predicted molar refractivity (Wildman–Crippen MR) is 126 cm³/mol. The molecule has 2 heterocycles. The lowest BCUT2D eigenvalue weighted by Gasteiger charge is -2.26. The van der Waals surface area contributed by atoms with Crippen LogP contribution < -0.4 is 5.32 Å². The van der Waals surface area contributed by atoms with E-state index >= 15 is 0 Å². The molecule has 1 unspecified atom stereocenters. The van der Waals surface area contributed by atoms with Crippen LogP contribution in [0, 0.1) is 16.7 Å². The summed E-state index contributed by atoms with van der Waals surface area (Å²) in [6, 6.07) is 9.73. The summed E-state index contributed by atoms with van der Waals surface area (Å²) in [6.07, 6.45) is 10.3. The SMILES string of the molecule is CC(/N=C\N=C1CC=CN1)N1CCN(C(=C=O)CCc2ccc(C#N)cc2)CC2(CC2)C1. The number of amidine groups is 1. The lowest BCUT2D eigenvalue weighted by atomic mass is 10.0. The Balaban J connectivity index is 1.36. The molecule has 7 heteroatoms.